The second-order valence-corrected chi connectivity index (χ2v) is 9.58. The van der Waals surface area contributed by atoms with Crippen molar-refractivity contribution in [2.45, 2.75) is 65.1 Å². The molecular formula is C25H29N3OS. The highest BCUT2D eigenvalue weighted by atomic mass is 32.1. The summed E-state index contributed by atoms with van der Waals surface area (Å²) in [4.78, 5) is 17.0. The van der Waals surface area contributed by atoms with Gasteiger partial charge in [-0.05, 0) is 62.3 Å². The Balaban J connectivity index is 1.48. The summed E-state index contributed by atoms with van der Waals surface area (Å²) in [5, 5.41) is 4.52. The number of nitrogens with one attached hydrogen (secondary N) is 1. The van der Waals surface area contributed by atoms with Crippen molar-refractivity contribution in [3.8, 4) is 5.00 Å². The Hall–Kier alpha value is -2.53. The van der Waals surface area contributed by atoms with Crippen molar-refractivity contribution < 1.29 is 4.79 Å². The number of carbonyl (C=O) groups is 1. The lowest BCUT2D eigenvalue weighted by molar-refractivity contribution is 0.167. The molecule has 0 bridgehead atoms. The number of hydrogen-bond acceptors (Lipinski definition) is 2. The molecule has 0 fully saturated rings. The van der Waals surface area contributed by atoms with E-state index in [1.54, 1.807) is 0 Å². The smallest absolute Gasteiger partial charge is 0.318 e. The first-order chi connectivity index (χ1) is 14.7. The number of rotatable bonds is 3. The normalized spacial score (nSPS) is 17.7. The number of carbonyl (C=O) groups excluding carboxylic acids is 1. The average Bonchev–Trinajstić information content (AvgIpc) is 3.35. The van der Waals surface area contributed by atoms with Crippen LogP contribution in [-0.4, -0.2) is 15.5 Å². The molecule has 1 aliphatic heterocycles. The summed E-state index contributed by atoms with van der Waals surface area (Å²) in [6.07, 6.45) is 7.94. The number of amides is 2. The second kappa shape index (κ2) is 7.95. The molecule has 3 aromatic rings. The van der Waals surface area contributed by atoms with Crippen LogP contribution >= 0.6 is 11.3 Å². The lowest BCUT2D eigenvalue weighted by Gasteiger charge is -2.30. The predicted octanol–water partition coefficient (Wildman–Crippen LogP) is 5.90. The third-order valence-corrected chi connectivity index (χ3v) is 7.85. The highest BCUT2D eigenvalue weighted by molar-refractivity contribution is 7.15. The first-order valence-corrected chi connectivity index (χ1v) is 11.9. The minimum atomic E-state index is 0.0267. The van der Waals surface area contributed by atoms with Gasteiger partial charge in [-0.25, -0.2) is 4.79 Å². The molecule has 2 aromatic heterocycles. The molecule has 1 aromatic carbocycles. The quantitative estimate of drug-likeness (QED) is 0.564. The standard InChI is InChI=1S/C25H29N3OS/c1-3-21-22-8-6-14-27(22)24-20(19-7-4-5-9-23(19)30-24)16-28(21)25(29)26-15-18-12-10-17(2)11-13-18/h6,8,10-14,21H,3-5,7,9,15-16H2,1-2H3,(H,26,29). The van der Waals surface area contributed by atoms with Gasteiger partial charge in [-0.1, -0.05) is 36.8 Å². The van der Waals surface area contributed by atoms with E-state index >= 15 is 0 Å². The van der Waals surface area contributed by atoms with Crippen molar-refractivity contribution in [1.29, 1.82) is 0 Å². The summed E-state index contributed by atoms with van der Waals surface area (Å²) in [5.41, 5.74) is 6.47. The van der Waals surface area contributed by atoms with Crippen LogP contribution in [0.4, 0.5) is 4.79 Å². The molecule has 5 heteroatoms. The largest absolute Gasteiger partial charge is 0.334 e. The van der Waals surface area contributed by atoms with Crippen LogP contribution in [0, 0.1) is 6.92 Å². The van der Waals surface area contributed by atoms with Crippen LogP contribution in [0.1, 0.15) is 65.1 Å². The van der Waals surface area contributed by atoms with Gasteiger partial charge in [-0.3, -0.25) is 0 Å². The van der Waals surface area contributed by atoms with Gasteiger partial charge in [0.1, 0.15) is 5.00 Å². The van der Waals surface area contributed by atoms with E-state index in [1.807, 2.05) is 11.3 Å². The summed E-state index contributed by atoms with van der Waals surface area (Å²) >= 11 is 1.94. The van der Waals surface area contributed by atoms with Crippen LogP contribution in [0.15, 0.2) is 42.6 Å². The van der Waals surface area contributed by atoms with Gasteiger partial charge in [0.15, 0.2) is 0 Å². The maximum Gasteiger partial charge on any atom is 0.318 e. The third-order valence-electron chi connectivity index (χ3n) is 6.52. The fourth-order valence-corrected chi connectivity index (χ4v) is 6.30. The molecule has 5 rings (SSSR count). The van der Waals surface area contributed by atoms with E-state index in [2.05, 4.69) is 71.2 Å². The maximum atomic E-state index is 13.4. The van der Waals surface area contributed by atoms with Crippen molar-refractivity contribution in [3.05, 3.63) is 75.4 Å². The van der Waals surface area contributed by atoms with Gasteiger partial charge < -0.3 is 14.8 Å². The van der Waals surface area contributed by atoms with E-state index < -0.39 is 0 Å². The van der Waals surface area contributed by atoms with Gasteiger partial charge >= 0.3 is 6.03 Å². The third kappa shape index (κ3) is 3.35. The van der Waals surface area contributed by atoms with E-state index in [4.69, 9.17) is 0 Å². The van der Waals surface area contributed by atoms with E-state index in [-0.39, 0.29) is 12.1 Å². The zero-order valence-electron chi connectivity index (χ0n) is 17.8. The minimum Gasteiger partial charge on any atom is -0.334 e. The maximum absolute atomic E-state index is 13.4. The Morgan fingerprint density at radius 1 is 1.13 bits per heavy atom. The summed E-state index contributed by atoms with van der Waals surface area (Å²) in [6.45, 7) is 5.51. The molecule has 1 N–H and O–H groups in total. The highest BCUT2D eigenvalue weighted by Gasteiger charge is 2.34. The van der Waals surface area contributed by atoms with Crippen LogP contribution in [0.25, 0.3) is 5.00 Å². The van der Waals surface area contributed by atoms with E-state index in [1.165, 1.54) is 51.5 Å². The first kappa shape index (κ1) is 19.4. The molecule has 156 valence electrons. The molecule has 0 radical (unpaired) electrons. The molecule has 0 saturated carbocycles. The molecule has 3 heterocycles. The van der Waals surface area contributed by atoms with Crippen molar-refractivity contribution in [1.82, 2.24) is 14.8 Å². The molecule has 30 heavy (non-hydrogen) atoms. The van der Waals surface area contributed by atoms with Gasteiger partial charge in [0.25, 0.3) is 0 Å². The highest BCUT2D eigenvalue weighted by Crippen LogP contribution is 2.42. The minimum absolute atomic E-state index is 0.0267. The Morgan fingerprint density at radius 3 is 2.73 bits per heavy atom. The van der Waals surface area contributed by atoms with Gasteiger partial charge in [-0.15, -0.1) is 11.3 Å². The monoisotopic (exact) mass is 419 g/mol. The zero-order chi connectivity index (χ0) is 20.7. The molecule has 2 amide bonds. The van der Waals surface area contributed by atoms with Crippen LogP contribution in [0.2, 0.25) is 0 Å². The van der Waals surface area contributed by atoms with Crippen molar-refractivity contribution in [2.75, 3.05) is 0 Å². The number of aryl methyl sites for hydroxylation is 2. The summed E-state index contributed by atoms with van der Waals surface area (Å²) in [5.74, 6) is 0. The number of aromatic nitrogens is 1. The van der Waals surface area contributed by atoms with Gasteiger partial charge in [-0.2, -0.15) is 0 Å². The molecule has 2 aliphatic rings. The second-order valence-electron chi connectivity index (χ2n) is 8.49. The molecule has 0 spiro atoms. The predicted molar refractivity (Wildman–Crippen MR) is 122 cm³/mol. The molecule has 1 atom stereocenters. The van der Waals surface area contributed by atoms with E-state index in [0.29, 0.717) is 13.1 Å². The number of urea groups is 1. The fourth-order valence-electron chi connectivity index (χ4n) is 4.89. The summed E-state index contributed by atoms with van der Waals surface area (Å²) in [7, 11) is 0. The van der Waals surface area contributed by atoms with Crippen LogP contribution < -0.4 is 5.32 Å². The molecule has 1 unspecified atom stereocenters. The van der Waals surface area contributed by atoms with Gasteiger partial charge in [0.2, 0.25) is 0 Å². The van der Waals surface area contributed by atoms with E-state index in [0.717, 1.165) is 18.4 Å². The summed E-state index contributed by atoms with van der Waals surface area (Å²) in [6, 6.07) is 12.8. The number of benzene rings is 1. The number of fused-ring (bicyclic) bond motifs is 5. The molecule has 0 saturated heterocycles. The number of thiophene rings is 1. The fraction of sp³-hybridized carbons (Fsp3) is 0.400. The van der Waals surface area contributed by atoms with Crippen LogP contribution in [0.3, 0.4) is 0 Å². The first-order valence-electron chi connectivity index (χ1n) is 11.1. The molecule has 4 nitrogen and oxygen atoms in total. The SMILES string of the molecule is CCC1c2cccn2-c2sc3c(c2CN1C(=O)NCc1ccc(C)cc1)CCCC3. The Kier molecular flexibility index (Phi) is 5.15. The van der Waals surface area contributed by atoms with Gasteiger partial charge in [0.05, 0.1) is 12.6 Å². The Bertz CT molecular complexity index is 1060. The zero-order valence-corrected chi connectivity index (χ0v) is 18.6. The summed E-state index contributed by atoms with van der Waals surface area (Å²) < 4.78 is 2.35. The average molecular weight is 420 g/mol. The van der Waals surface area contributed by atoms with Crippen LogP contribution in [-0.2, 0) is 25.9 Å². The number of nitrogens with zero attached hydrogens (tertiary/aromatic N) is 2. The van der Waals surface area contributed by atoms with E-state index in [9.17, 15) is 4.79 Å². The van der Waals surface area contributed by atoms with Gasteiger partial charge in [0, 0.05) is 28.9 Å². The Morgan fingerprint density at radius 2 is 1.93 bits per heavy atom. The molecule has 1 aliphatic carbocycles. The van der Waals surface area contributed by atoms with Crippen molar-refractivity contribution in [3.63, 3.8) is 0 Å². The van der Waals surface area contributed by atoms with Crippen molar-refractivity contribution >= 4 is 17.4 Å². The van der Waals surface area contributed by atoms with Crippen LogP contribution in [0.5, 0.6) is 0 Å². The van der Waals surface area contributed by atoms with Crippen molar-refractivity contribution in [2.24, 2.45) is 0 Å². The number of hydrogen-bond donors (Lipinski definition) is 1. The Labute approximate surface area is 182 Å². The lowest BCUT2D eigenvalue weighted by atomic mass is 9.95. The topological polar surface area (TPSA) is 37.3 Å². The lowest BCUT2D eigenvalue weighted by Crippen LogP contribution is -2.41. The molecular weight excluding hydrogens is 390 g/mol.